The maximum Gasteiger partial charge on any atom is 0.180 e. The van der Waals surface area contributed by atoms with Crippen LogP contribution in [-0.4, -0.2) is 31.7 Å². The predicted octanol–water partition coefficient (Wildman–Crippen LogP) is 4.97. The van der Waals surface area contributed by atoms with Crippen molar-refractivity contribution in [2.75, 3.05) is 18.4 Å². The van der Waals surface area contributed by atoms with Crippen LogP contribution in [0.2, 0.25) is 0 Å². The van der Waals surface area contributed by atoms with E-state index < -0.39 is 11.0 Å². The Bertz CT molecular complexity index is 1430. The van der Waals surface area contributed by atoms with Gasteiger partial charge >= 0.3 is 0 Å². The second-order valence-electron chi connectivity index (χ2n) is 7.95. The Labute approximate surface area is 195 Å². The summed E-state index contributed by atoms with van der Waals surface area (Å²) in [4.78, 5) is 10.1. The lowest BCUT2D eigenvalue weighted by Crippen LogP contribution is -2.21. The summed E-state index contributed by atoms with van der Waals surface area (Å²) < 4.78 is 17.4. The van der Waals surface area contributed by atoms with Crippen molar-refractivity contribution in [2.24, 2.45) is 0 Å². The van der Waals surface area contributed by atoms with Crippen LogP contribution in [0.3, 0.4) is 0 Å². The van der Waals surface area contributed by atoms with Gasteiger partial charge in [0.15, 0.2) is 11.5 Å². The normalized spacial score (nSPS) is 12.3. The van der Waals surface area contributed by atoms with Crippen LogP contribution in [0.25, 0.3) is 27.7 Å². The van der Waals surface area contributed by atoms with Gasteiger partial charge in [0.05, 0.1) is 10.6 Å². The first-order valence-corrected chi connectivity index (χ1v) is 12.1. The van der Waals surface area contributed by atoms with Gasteiger partial charge in [-0.05, 0) is 42.3 Å². The van der Waals surface area contributed by atoms with Crippen molar-refractivity contribution in [1.82, 2.24) is 19.1 Å². The molecule has 7 heteroatoms. The summed E-state index contributed by atoms with van der Waals surface area (Å²) in [6, 6.07) is 22.4. The lowest BCUT2D eigenvalue weighted by atomic mass is 10.1. The first kappa shape index (κ1) is 21.3. The molecule has 2 aromatic heterocycles. The van der Waals surface area contributed by atoms with Crippen LogP contribution in [0.4, 0.5) is 5.82 Å². The quantitative estimate of drug-likeness (QED) is 0.324. The maximum atomic E-state index is 12.3. The molecule has 0 aliphatic rings. The first-order valence-electron chi connectivity index (χ1n) is 11.0. The third-order valence-electron chi connectivity index (χ3n) is 5.53. The number of fused-ring (bicyclic) bond motifs is 2. The molecule has 166 valence electrons. The highest BCUT2D eigenvalue weighted by atomic mass is 32.2. The SMILES string of the molecule is Cc1ccc(S(=O)NCCCNc2nccn3cc(-c4ccc5ccccc5c4)nc23)cc1. The number of benzene rings is 3. The van der Waals surface area contributed by atoms with Crippen molar-refractivity contribution in [2.45, 2.75) is 18.2 Å². The minimum atomic E-state index is -1.20. The summed E-state index contributed by atoms with van der Waals surface area (Å²) in [6.45, 7) is 3.35. The number of anilines is 1. The molecule has 0 aliphatic carbocycles. The van der Waals surface area contributed by atoms with Gasteiger partial charge in [-0.2, -0.15) is 0 Å². The largest absolute Gasteiger partial charge is 0.367 e. The van der Waals surface area contributed by atoms with Crippen LogP contribution in [0.15, 0.2) is 90.2 Å². The van der Waals surface area contributed by atoms with Crippen LogP contribution in [0.5, 0.6) is 0 Å². The Morgan fingerprint density at radius 3 is 2.64 bits per heavy atom. The van der Waals surface area contributed by atoms with E-state index in [-0.39, 0.29) is 0 Å². The molecular formula is C26H25N5OS. The second-order valence-corrected chi connectivity index (χ2v) is 9.25. The fourth-order valence-electron chi connectivity index (χ4n) is 3.74. The molecule has 3 aromatic carbocycles. The highest BCUT2D eigenvalue weighted by Gasteiger charge is 2.10. The molecule has 6 nitrogen and oxygen atoms in total. The topological polar surface area (TPSA) is 71.3 Å². The van der Waals surface area contributed by atoms with Crippen LogP contribution in [0.1, 0.15) is 12.0 Å². The summed E-state index contributed by atoms with van der Waals surface area (Å²) in [5.41, 5.74) is 3.93. The summed E-state index contributed by atoms with van der Waals surface area (Å²) in [5, 5.41) is 5.78. The summed E-state index contributed by atoms with van der Waals surface area (Å²) in [7, 11) is -1.20. The lowest BCUT2D eigenvalue weighted by Gasteiger charge is -2.08. The van der Waals surface area contributed by atoms with E-state index in [0.717, 1.165) is 39.6 Å². The average Bonchev–Trinajstić information content (AvgIpc) is 3.29. The van der Waals surface area contributed by atoms with Crippen molar-refractivity contribution in [3.05, 3.63) is 90.9 Å². The molecule has 2 heterocycles. The third-order valence-corrected chi connectivity index (χ3v) is 6.70. The number of aromatic nitrogens is 3. The molecule has 0 saturated carbocycles. The smallest absolute Gasteiger partial charge is 0.180 e. The summed E-state index contributed by atoms with van der Waals surface area (Å²) in [5.74, 6) is 0.740. The Balaban J connectivity index is 1.23. The molecule has 0 saturated heterocycles. The van der Waals surface area contributed by atoms with Crippen molar-refractivity contribution >= 4 is 33.2 Å². The third kappa shape index (κ3) is 4.79. The molecule has 0 bridgehead atoms. The van der Waals surface area contributed by atoms with Gasteiger partial charge in [0.1, 0.15) is 11.0 Å². The molecule has 33 heavy (non-hydrogen) atoms. The van der Waals surface area contributed by atoms with Crippen molar-refractivity contribution in [3.63, 3.8) is 0 Å². The molecule has 2 N–H and O–H groups in total. The molecule has 0 fully saturated rings. The van der Waals surface area contributed by atoms with Crippen molar-refractivity contribution in [3.8, 4) is 11.3 Å². The van der Waals surface area contributed by atoms with Gasteiger partial charge in [-0.15, -0.1) is 0 Å². The van der Waals surface area contributed by atoms with Crippen LogP contribution in [-0.2, 0) is 11.0 Å². The van der Waals surface area contributed by atoms with Crippen LogP contribution in [0, 0.1) is 6.92 Å². The molecule has 5 rings (SSSR count). The van der Waals surface area contributed by atoms with E-state index in [2.05, 4.69) is 45.4 Å². The molecule has 5 aromatic rings. The van der Waals surface area contributed by atoms with Gasteiger partial charge < -0.3 is 9.72 Å². The Kier molecular flexibility index (Phi) is 6.15. The fraction of sp³-hybridized carbons (Fsp3) is 0.154. The van der Waals surface area contributed by atoms with Crippen molar-refractivity contribution < 1.29 is 4.21 Å². The summed E-state index contributed by atoms with van der Waals surface area (Å²) in [6.07, 6.45) is 6.51. The molecule has 1 unspecified atom stereocenters. The number of rotatable bonds is 8. The number of imidazole rings is 1. The Hall–Kier alpha value is -3.55. The van der Waals surface area contributed by atoms with Gasteiger partial charge in [0.25, 0.3) is 0 Å². The van der Waals surface area contributed by atoms with E-state index in [1.165, 1.54) is 10.8 Å². The number of aryl methyl sites for hydroxylation is 1. The van der Waals surface area contributed by atoms with E-state index in [1.54, 1.807) is 6.20 Å². The van der Waals surface area contributed by atoms with Crippen LogP contribution >= 0.6 is 0 Å². The summed E-state index contributed by atoms with van der Waals surface area (Å²) >= 11 is 0. The number of hydrogen-bond donors (Lipinski definition) is 2. The van der Waals surface area contributed by atoms with E-state index in [4.69, 9.17) is 4.98 Å². The van der Waals surface area contributed by atoms with Gasteiger partial charge in [-0.25, -0.2) is 18.9 Å². The molecule has 0 radical (unpaired) electrons. The van der Waals surface area contributed by atoms with E-state index >= 15 is 0 Å². The molecule has 0 spiro atoms. The second kappa shape index (κ2) is 9.52. The van der Waals surface area contributed by atoms with Gasteiger partial charge in [0, 0.05) is 37.2 Å². The minimum absolute atomic E-state index is 0.632. The lowest BCUT2D eigenvalue weighted by molar-refractivity contribution is 0.669. The zero-order valence-corrected chi connectivity index (χ0v) is 19.2. The van der Waals surface area contributed by atoms with Crippen molar-refractivity contribution in [1.29, 1.82) is 0 Å². The monoisotopic (exact) mass is 455 g/mol. The number of nitrogens with one attached hydrogen (secondary N) is 2. The fourth-order valence-corrected chi connectivity index (χ4v) is 4.62. The van der Waals surface area contributed by atoms with Gasteiger partial charge in [-0.1, -0.05) is 54.1 Å². The zero-order chi connectivity index (χ0) is 22.6. The van der Waals surface area contributed by atoms with Crippen LogP contribution < -0.4 is 10.0 Å². The Morgan fingerprint density at radius 2 is 1.79 bits per heavy atom. The highest BCUT2D eigenvalue weighted by Crippen LogP contribution is 2.25. The van der Waals surface area contributed by atoms with E-state index in [9.17, 15) is 4.21 Å². The molecule has 0 amide bonds. The number of hydrogen-bond acceptors (Lipinski definition) is 4. The molecule has 0 aliphatic heterocycles. The maximum absolute atomic E-state index is 12.3. The molecule has 1 atom stereocenters. The highest BCUT2D eigenvalue weighted by molar-refractivity contribution is 7.83. The predicted molar refractivity (Wildman–Crippen MR) is 135 cm³/mol. The van der Waals surface area contributed by atoms with Gasteiger partial charge in [0.2, 0.25) is 0 Å². The zero-order valence-electron chi connectivity index (χ0n) is 18.4. The van der Waals surface area contributed by atoms with E-state index in [1.807, 2.05) is 60.1 Å². The first-order chi connectivity index (χ1) is 16.2. The van der Waals surface area contributed by atoms with E-state index in [0.29, 0.717) is 13.1 Å². The average molecular weight is 456 g/mol. The molecular weight excluding hydrogens is 430 g/mol. The Morgan fingerprint density at radius 1 is 0.970 bits per heavy atom. The minimum Gasteiger partial charge on any atom is -0.367 e. The standard InChI is InChI=1S/C26H25N5OS/c1-19-7-11-23(12-8-19)33(32)29-14-4-13-27-25-26-30-24(18-31(26)16-15-28-25)22-10-9-20-5-2-3-6-21(20)17-22/h2-3,5-12,15-18,29H,4,13-14H2,1H3,(H,27,28). The van der Waals surface area contributed by atoms with Gasteiger partial charge in [-0.3, -0.25) is 0 Å². The number of nitrogens with zero attached hydrogens (tertiary/aromatic N) is 3.